The van der Waals surface area contributed by atoms with Gasteiger partial charge < -0.3 is 4.42 Å². The summed E-state index contributed by atoms with van der Waals surface area (Å²) in [6, 6.07) is 1.82. The van der Waals surface area contributed by atoms with Gasteiger partial charge in [0.05, 0.1) is 6.07 Å². The molecular formula is C7H9N3O2. The summed E-state index contributed by atoms with van der Waals surface area (Å²) in [5.74, 6) is -0.155. The number of nitrogens with zero attached hydrogens (tertiary/aromatic N) is 3. The summed E-state index contributed by atoms with van der Waals surface area (Å²) < 4.78 is 5.77. The Hall–Kier alpha value is -1.57. The third-order valence-electron chi connectivity index (χ3n) is 1.33. The fourth-order valence-electron chi connectivity index (χ4n) is 0.831. The summed E-state index contributed by atoms with van der Waals surface area (Å²) in [6.07, 6.45) is 1.50. The third-order valence-corrected chi connectivity index (χ3v) is 1.33. The maximum absolute atomic E-state index is 10.9. The van der Waals surface area contributed by atoms with Crippen LogP contribution in [0.3, 0.4) is 0 Å². The minimum atomic E-state index is -0.556. The third kappa shape index (κ3) is 1.72. The zero-order chi connectivity index (χ0) is 8.97. The Morgan fingerprint density at radius 2 is 2.50 bits per heavy atom. The van der Waals surface area contributed by atoms with E-state index in [1.807, 2.05) is 13.0 Å². The van der Waals surface area contributed by atoms with Crippen molar-refractivity contribution in [1.29, 1.82) is 5.26 Å². The summed E-state index contributed by atoms with van der Waals surface area (Å²) in [5, 5.41) is 12.1. The quantitative estimate of drug-likeness (QED) is 0.649. The highest BCUT2D eigenvalue weighted by molar-refractivity contribution is 4.77. The Balaban J connectivity index is 2.87. The van der Waals surface area contributed by atoms with Crippen molar-refractivity contribution >= 4 is 0 Å². The largest absolute Gasteiger partial charge is 0.438 e. The molecule has 12 heavy (non-hydrogen) atoms. The summed E-state index contributed by atoms with van der Waals surface area (Å²) >= 11 is 0. The smallest absolute Gasteiger partial charge is 0.392 e. The minimum absolute atomic E-state index is 0.0496. The average Bonchev–Trinajstić information content (AvgIpc) is 2.34. The van der Waals surface area contributed by atoms with Crippen molar-refractivity contribution in [3.63, 3.8) is 0 Å². The molecule has 64 valence electrons. The molecule has 0 N–H and O–H groups in total. The molecule has 0 unspecified atom stereocenters. The minimum Gasteiger partial charge on any atom is -0.392 e. The summed E-state index contributed by atoms with van der Waals surface area (Å²) in [7, 11) is 0. The lowest BCUT2D eigenvalue weighted by molar-refractivity contribution is 0.449. The van der Waals surface area contributed by atoms with Crippen LogP contribution in [-0.4, -0.2) is 9.78 Å². The van der Waals surface area contributed by atoms with Crippen LogP contribution in [0.2, 0.25) is 0 Å². The number of rotatable bonds is 3. The number of aromatic nitrogens is 2. The van der Waals surface area contributed by atoms with Gasteiger partial charge in [0, 0.05) is 6.42 Å². The van der Waals surface area contributed by atoms with Crippen molar-refractivity contribution in [2.24, 2.45) is 0 Å². The number of nitriles is 1. The molecule has 0 aromatic carbocycles. The summed E-state index contributed by atoms with van der Waals surface area (Å²) in [6.45, 7) is 1.91. The Morgan fingerprint density at radius 1 is 1.75 bits per heavy atom. The molecule has 0 aliphatic heterocycles. The van der Waals surface area contributed by atoms with Gasteiger partial charge in [-0.1, -0.05) is 6.92 Å². The number of hydrogen-bond acceptors (Lipinski definition) is 4. The van der Waals surface area contributed by atoms with E-state index in [0.717, 1.165) is 11.1 Å². The molecule has 0 aliphatic carbocycles. The second-order valence-corrected chi connectivity index (χ2v) is 2.33. The van der Waals surface area contributed by atoms with Gasteiger partial charge in [-0.05, 0) is 6.42 Å². The lowest BCUT2D eigenvalue weighted by atomic mass is 10.3. The Morgan fingerprint density at radius 3 is 3.08 bits per heavy atom. The van der Waals surface area contributed by atoms with Gasteiger partial charge in [-0.2, -0.15) is 9.94 Å². The molecule has 0 saturated heterocycles. The van der Waals surface area contributed by atoms with Crippen LogP contribution in [0, 0.1) is 11.3 Å². The van der Waals surface area contributed by atoms with Crippen LogP contribution >= 0.6 is 0 Å². The molecule has 0 bridgehead atoms. The molecule has 0 amide bonds. The zero-order valence-corrected chi connectivity index (χ0v) is 6.78. The van der Waals surface area contributed by atoms with Gasteiger partial charge in [0.2, 0.25) is 5.89 Å². The molecule has 0 saturated carbocycles. The molecule has 1 heterocycles. The molecule has 1 aromatic heterocycles. The maximum Gasteiger partial charge on any atom is 0.438 e. The second-order valence-electron chi connectivity index (χ2n) is 2.33. The fraction of sp³-hybridized carbons (Fsp3) is 0.571. The first-order valence-electron chi connectivity index (χ1n) is 3.71. The van der Waals surface area contributed by atoms with E-state index in [0.29, 0.717) is 12.3 Å². The lowest BCUT2D eigenvalue weighted by Crippen LogP contribution is -2.14. The number of hydrogen-bond donors (Lipinski definition) is 0. The topological polar surface area (TPSA) is 71.8 Å². The van der Waals surface area contributed by atoms with Crippen molar-refractivity contribution in [3.8, 4) is 6.07 Å². The van der Waals surface area contributed by atoms with Crippen LogP contribution in [-0.2, 0) is 13.0 Å². The van der Waals surface area contributed by atoms with Crippen LogP contribution in [0.4, 0.5) is 0 Å². The van der Waals surface area contributed by atoms with Crippen LogP contribution < -0.4 is 5.76 Å². The van der Waals surface area contributed by atoms with E-state index in [4.69, 9.17) is 9.68 Å². The van der Waals surface area contributed by atoms with Crippen LogP contribution in [0.15, 0.2) is 9.21 Å². The molecular weight excluding hydrogens is 158 g/mol. The van der Waals surface area contributed by atoms with Gasteiger partial charge in [-0.25, -0.2) is 4.79 Å². The van der Waals surface area contributed by atoms with E-state index in [9.17, 15) is 4.79 Å². The van der Waals surface area contributed by atoms with Gasteiger partial charge in [-0.15, -0.1) is 5.10 Å². The van der Waals surface area contributed by atoms with E-state index in [2.05, 4.69) is 5.10 Å². The molecule has 0 radical (unpaired) electrons. The van der Waals surface area contributed by atoms with E-state index >= 15 is 0 Å². The zero-order valence-electron chi connectivity index (χ0n) is 6.78. The lowest BCUT2D eigenvalue weighted by Gasteiger charge is -1.85. The van der Waals surface area contributed by atoms with Crippen molar-refractivity contribution in [2.45, 2.75) is 26.3 Å². The SMILES string of the molecule is CCCc1nn(CC#N)c(=O)o1. The maximum atomic E-state index is 10.9. The Labute approximate surface area is 69.2 Å². The van der Waals surface area contributed by atoms with E-state index in [-0.39, 0.29) is 6.54 Å². The monoisotopic (exact) mass is 167 g/mol. The molecule has 0 aliphatic rings. The molecule has 5 nitrogen and oxygen atoms in total. The molecule has 1 rings (SSSR count). The highest BCUT2D eigenvalue weighted by Crippen LogP contribution is 1.94. The van der Waals surface area contributed by atoms with Crippen molar-refractivity contribution in [2.75, 3.05) is 0 Å². The van der Waals surface area contributed by atoms with Crippen LogP contribution in [0.1, 0.15) is 19.2 Å². The highest BCUT2D eigenvalue weighted by Gasteiger charge is 2.05. The van der Waals surface area contributed by atoms with Gasteiger partial charge in [0.25, 0.3) is 0 Å². The van der Waals surface area contributed by atoms with Crippen LogP contribution in [0.25, 0.3) is 0 Å². The van der Waals surface area contributed by atoms with Crippen molar-refractivity contribution < 1.29 is 4.42 Å². The molecule has 0 atom stereocenters. The Kier molecular flexibility index (Phi) is 2.64. The fourth-order valence-corrected chi connectivity index (χ4v) is 0.831. The molecule has 1 aromatic rings. The predicted octanol–water partition coefficient (Wildman–Crippen LogP) is 0.312. The van der Waals surface area contributed by atoms with Gasteiger partial charge in [-0.3, -0.25) is 0 Å². The molecule has 0 spiro atoms. The number of aryl methyl sites for hydroxylation is 1. The first-order valence-corrected chi connectivity index (χ1v) is 3.71. The van der Waals surface area contributed by atoms with Gasteiger partial charge >= 0.3 is 5.76 Å². The van der Waals surface area contributed by atoms with E-state index in [1.165, 1.54) is 0 Å². The van der Waals surface area contributed by atoms with Gasteiger partial charge in [0.15, 0.2) is 0 Å². The standard InChI is InChI=1S/C7H9N3O2/c1-2-3-6-9-10(5-4-8)7(11)12-6/h2-3,5H2,1H3. The Bertz CT molecular complexity index is 344. The molecule has 0 fully saturated rings. The van der Waals surface area contributed by atoms with Crippen LogP contribution in [0.5, 0.6) is 0 Å². The normalized spacial score (nSPS) is 9.67. The summed E-state index contributed by atoms with van der Waals surface area (Å²) in [5.41, 5.74) is 0. The van der Waals surface area contributed by atoms with Gasteiger partial charge in [0.1, 0.15) is 6.54 Å². The first kappa shape index (κ1) is 8.53. The van der Waals surface area contributed by atoms with E-state index in [1.54, 1.807) is 0 Å². The van der Waals surface area contributed by atoms with E-state index < -0.39 is 5.76 Å². The predicted molar refractivity (Wildman–Crippen MR) is 40.4 cm³/mol. The second kappa shape index (κ2) is 3.72. The average molecular weight is 167 g/mol. The van der Waals surface area contributed by atoms with Crippen molar-refractivity contribution in [3.05, 3.63) is 16.4 Å². The summed E-state index contributed by atoms with van der Waals surface area (Å²) in [4.78, 5) is 10.9. The highest BCUT2D eigenvalue weighted by atomic mass is 16.4. The first-order chi connectivity index (χ1) is 5.77. The van der Waals surface area contributed by atoms with Crippen molar-refractivity contribution in [1.82, 2.24) is 9.78 Å². The molecule has 5 heteroatoms.